The summed E-state index contributed by atoms with van der Waals surface area (Å²) in [6, 6.07) is 0. The van der Waals surface area contributed by atoms with Crippen molar-refractivity contribution in [1.82, 2.24) is 0 Å². The van der Waals surface area contributed by atoms with Gasteiger partial charge in [-0.1, -0.05) is 155 Å². The lowest BCUT2D eigenvalue weighted by atomic mass is 9.66. The van der Waals surface area contributed by atoms with E-state index in [4.69, 9.17) is 0 Å². The predicted molar refractivity (Wildman–Crippen MR) is 185 cm³/mol. The molecule has 5 saturated carbocycles. The molecule has 0 bridgehead atoms. The van der Waals surface area contributed by atoms with Crippen LogP contribution in [0.25, 0.3) is 0 Å². The molecule has 0 aromatic heterocycles. The topological polar surface area (TPSA) is 0 Å². The fourth-order valence-corrected chi connectivity index (χ4v) is 11.9. The fraction of sp³-hybridized carbons (Fsp3) is 1.00. The third kappa shape index (κ3) is 10.3. The highest BCUT2D eigenvalue weighted by molar-refractivity contribution is 4.89. The maximum Gasteiger partial charge on any atom is -0.0357 e. The third-order valence-electron chi connectivity index (χ3n) is 14.7. The molecule has 5 aliphatic rings. The largest absolute Gasteiger partial charge is 0.0625 e. The zero-order chi connectivity index (χ0) is 29.0. The first-order valence-electron chi connectivity index (χ1n) is 20.7. The second-order valence-electron chi connectivity index (χ2n) is 17.5. The van der Waals surface area contributed by atoms with E-state index in [1.807, 2.05) is 0 Å². The minimum Gasteiger partial charge on any atom is -0.0625 e. The van der Waals surface area contributed by atoms with E-state index < -0.39 is 0 Å². The van der Waals surface area contributed by atoms with Crippen molar-refractivity contribution in [1.29, 1.82) is 0 Å². The Morgan fingerprint density at radius 1 is 0.262 bits per heavy atom. The van der Waals surface area contributed by atoms with Gasteiger partial charge in [-0.05, 0) is 111 Å². The van der Waals surface area contributed by atoms with Crippen LogP contribution in [-0.4, -0.2) is 0 Å². The summed E-state index contributed by atoms with van der Waals surface area (Å²) in [6.45, 7) is 5.23. The van der Waals surface area contributed by atoms with Gasteiger partial charge in [0.05, 0.1) is 0 Å². The fourth-order valence-electron chi connectivity index (χ4n) is 11.9. The summed E-state index contributed by atoms with van der Waals surface area (Å²) in [4.78, 5) is 0. The van der Waals surface area contributed by atoms with E-state index in [9.17, 15) is 0 Å². The first-order valence-corrected chi connectivity index (χ1v) is 20.7. The van der Waals surface area contributed by atoms with E-state index in [0.717, 1.165) is 59.2 Å². The summed E-state index contributed by atoms with van der Waals surface area (Å²) in [6.07, 6.45) is 46.6. The maximum absolute atomic E-state index is 2.68. The number of fused-ring (bicyclic) bond motifs is 2. The van der Waals surface area contributed by atoms with Crippen LogP contribution in [0.3, 0.4) is 0 Å². The first kappa shape index (κ1) is 33.4. The highest BCUT2D eigenvalue weighted by Crippen LogP contribution is 2.49. The molecule has 244 valence electrons. The predicted octanol–water partition coefficient (Wildman–Crippen LogP) is 14.0. The van der Waals surface area contributed by atoms with Gasteiger partial charge in [0.15, 0.2) is 0 Å². The molecule has 8 atom stereocenters. The van der Waals surface area contributed by atoms with Crippen molar-refractivity contribution in [2.45, 2.75) is 206 Å². The van der Waals surface area contributed by atoms with Crippen LogP contribution in [0.1, 0.15) is 206 Å². The lowest BCUT2D eigenvalue weighted by molar-refractivity contribution is 0.118. The van der Waals surface area contributed by atoms with Gasteiger partial charge in [-0.2, -0.15) is 0 Å². The molecule has 0 aromatic rings. The zero-order valence-corrected chi connectivity index (χ0v) is 29.0. The number of hydrogen-bond donors (Lipinski definition) is 0. The second kappa shape index (κ2) is 18.2. The molecule has 0 heteroatoms. The Hall–Kier alpha value is 0. The van der Waals surface area contributed by atoms with Crippen LogP contribution in [-0.2, 0) is 0 Å². The smallest absolute Gasteiger partial charge is 0.0357 e. The molecule has 0 N–H and O–H groups in total. The average Bonchev–Trinajstić information content (AvgIpc) is 3.16. The van der Waals surface area contributed by atoms with Crippen LogP contribution in [0.5, 0.6) is 0 Å². The van der Waals surface area contributed by atoms with E-state index in [2.05, 4.69) is 13.8 Å². The molecule has 42 heavy (non-hydrogen) atoms. The maximum atomic E-state index is 2.68. The first-order chi connectivity index (χ1) is 20.7. The number of rotatable bonds is 2. The quantitative estimate of drug-likeness (QED) is 0.305. The van der Waals surface area contributed by atoms with Gasteiger partial charge in [-0.3, -0.25) is 0 Å². The van der Waals surface area contributed by atoms with E-state index in [1.54, 1.807) is 103 Å². The molecular formula is C42H76. The van der Waals surface area contributed by atoms with E-state index in [-0.39, 0.29) is 0 Å². The van der Waals surface area contributed by atoms with Gasteiger partial charge < -0.3 is 0 Å². The highest BCUT2D eigenvalue weighted by Gasteiger charge is 2.38. The summed E-state index contributed by atoms with van der Waals surface area (Å²) in [5, 5.41) is 0. The Kier molecular flexibility index (Phi) is 14.5. The van der Waals surface area contributed by atoms with Crippen molar-refractivity contribution < 1.29 is 0 Å². The molecule has 8 unspecified atom stereocenters. The van der Waals surface area contributed by atoms with Gasteiger partial charge >= 0.3 is 0 Å². The lowest BCUT2D eigenvalue weighted by Gasteiger charge is -2.39. The molecule has 5 rings (SSSR count). The zero-order valence-electron chi connectivity index (χ0n) is 29.0. The van der Waals surface area contributed by atoms with Crippen molar-refractivity contribution in [2.75, 3.05) is 0 Å². The molecule has 0 nitrogen and oxygen atoms in total. The van der Waals surface area contributed by atoms with Gasteiger partial charge in [0.25, 0.3) is 0 Å². The minimum absolute atomic E-state index is 0.970. The summed E-state index contributed by atoms with van der Waals surface area (Å²) in [5.74, 6) is 10.5. The lowest BCUT2D eigenvalue weighted by Crippen LogP contribution is -2.28. The molecule has 0 amide bonds. The van der Waals surface area contributed by atoms with Crippen LogP contribution in [0.15, 0.2) is 0 Å². The van der Waals surface area contributed by atoms with E-state index in [1.165, 1.54) is 89.9 Å². The second-order valence-corrected chi connectivity index (χ2v) is 17.5. The molecule has 0 spiro atoms. The summed E-state index contributed by atoms with van der Waals surface area (Å²) in [5.41, 5.74) is 0. The van der Waals surface area contributed by atoms with Crippen LogP contribution in [0.4, 0.5) is 0 Å². The van der Waals surface area contributed by atoms with Crippen LogP contribution in [0.2, 0.25) is 0 Å². The molecule has 5 fully saturated rings. The van der Waals surface area contributed by atoms with Gasteiger partial charge in [0.1, 0.15) is 0 Å². The Bertz CT molecular complexity index is 697. The third-order valence-corrected chi connectivity index (χ3v) is 14.7. The van der Waals surface area contributed by atoms with Gasteiger partial charge in [-0.15, -0.1) is 0 Å². The van der Waals surface area contributed by atoms with Crippen molar-refractivity contribution in [2.24, 2.45) is 59.2 Å². The molecule has 0 aromatic carbocycles. The molecular weight excluding hydrogens is 504 g/mol. The molecule has 0 heterocycles. The SMILES string of the molecule is CC1CCCCCCCC2CCC3CC(C4CCCCC4)C(C)CCC3CCC2CCC(C2CCCCC2)CCCC1. The number of hydrogen-bond acceptors (Lipinski definition) is 0. The molecule has 0 radical (unpaired) electrons. The van der Waals surface area contributed by atoms with Gasteiger partial charge in [0.2, 0.25) is 0 Å². The standard InChI is InChI=1S/C42H76/c1-33-16-8-4-3-5-9-20-37-30-31-41-32-42(40-22-12-7-13-23-40)34(2)24-25-39(41)29-28-38(37)27-26-36(21-15-14-17-33)35-18-10-6-11-19-35/h33-42H,3-32H2,1-2H3. The minimum atomic E-state index is 0.970. The Labute approximate surface area is 265 Å². The van der Waals surface area contributed by atoms with Crippen LogP contribution >= 0.6 is 0 Å². The molecule has 0 saturated heterocycles. The van der Waals surface area contributed by atoms with Gasteiger partial charge in [-0.25, -0.2) is 0 Å². The van der Waals surface area contributed by atoms with E-state index >= 15 is 0 Å². The van der Waals surface area contributed by atoms with Crippen molar-refractivity contribution in [3.8, 4) is 0 Å². The summed E-state index contributed by atoms with van der Waals surface area (Å²) >= 11 is 0. The molecule has 5 aliphatic carbocycles. The van der Waals surface area contributed by atoms with E-state index in [0.29, 0.717) is 0 Å². The normalized spacial score (nSPS) is 40.4. The van der Waals surface area contributed by atoms with Gasteiger partial charge in [0, 0.05) is 0 Å². The van der Waals surface area contributed by atoms with Crippen molar-refractivity contribution in [3.63, 3.8) is 0 Å². The monoisotopic (exact) mass is 581 g/mol. The van der Waals surface area contributed by atoms with Crippen LogP contribution < -0.4 is 0 Å². The summed E-state index contributed by atoms with van der Waals surface area (Å²) in [7, 11) is 0. The highest BCUT2D eigenvalue weighted by atomic mass is 14.4. The molecule has 0 aliphatic heterocycles. The van der Waals surface area contributed by atoms with Crippen molar-refractivity contribution in [3.05, 3.63) is 0 Å². The Morgan fingerprint density at radius 3 is 1.14 bits per heavy atom. The Balaban J connectivity index is 1.24. The van der Waals surface area contributed by atoms with Crippen molar-refractivity contribution >= 4 is 0 Å². The van der Waals surface area contributed by atoms with Crippen LogP contribution in [0, 0.1) is 59.2 Å². The Morgan fingerprint density at radius 2 is 0.571 bits per heavy atom. The average molecular weight is 581 g/mol. The summed E-state index contributed by atoms with van der Waals surface area (Å²) < 4.78 is 0.